The number of aromatic carboxylic acids is 1. The van der Waals surface area contributed by atoms with Crippen molar-refractivity contribution in [2.24, 2.45) is 0 Å². The van der Waals surface area contributed by atoms with Crippen molar-refractivity contribution >= 4 is 23.1 Å². The van der Waals surface area contributed by atoms with Gasteiger partial charge in [0.25, 0.3) is 6.01 Å². The maximum absolute atomic E-state index is 10.9. The molecule has 1 fully saturated rings. The Hall–Kier alpha value is -2.08. The van der Waals surface area contributed by atoms with E-state index in [0.717, 1.165) is 19.4 Å². The Balaban J connectivity index is 1.70. The summed E-state index contributed by atoms with van der Waals surface area (Å²) in [5.74, 6) is -0.978. The van der Waals surface area contributed by atoms with Gasteiger partial charge in [0.15, 0.2) is 5.58 Å². The summed E-state index contributed by atoms with van der Waals surface area (Å²) in [6.45, 7) is 1.46. The first-order valence-electron chi connectivity index (χ1n) is 6.72. The van der Waals surface area contributed by atoms with Gasteiger partial charge in [0, 0.05) is 13.2 Å². The SMILES string of the molecule is O=C(O)c1ccc2nc(NCC3CCCCO3)oc2c1. The molecule has 2 heterocycles. The van der Waals surface area contributed by atoms with Crippen LogP contribution in [-0.2, 0) is 4.74 Å². The molecule has 1 aliphatic heterocycles. The molecule has 1 aliphatic rings. The zero-order valence-corrected chi connectivity index (χ0v) is 11.0. The largest absolute Gasteiger partial charge is 0.478 e. The molecule has 0 saturated carbocycles. The maximum atomic E-state index is 10.9. The highest BCUT2D eigenvalue weighted by atomic mass is 16.5. The standard InChI is InChI=1S/C14H16N2O4/c17-13(18)9-4-5-11-12(7-9)20-14(16-11)15-8-10-3-1-2-6-19-10/h4-5,7,10H,1-3,6,8H2,(H,15,16)(H,17,18). The van der Waals surface area contributed by atoms with Crippen LogP contribution in [-0.4, -0.2) is 35.3 Å². The summed E-state index contributed by atoms with van der Waals surface area (Å²) < 4.78 is 11.1. The van der Waals surface area contributed by atoms with Gasteiger partial charge < -0.3 is 19.6 Å². The Morgan fingerprint density at radius 1 is 1.45 bits per heavy atom. The van der Waals surface area contributed by atoms with Crippen LogP contribution >= 0.6 is 0 Å². The molecule has 1 aromatic carbocycles. The van der Waals surface area contributed by atoms with Gasteiger partial charge in [-0.2, -0.15) is 4.98 Å². The number of carboxylic acids is 1. The predicted molar refractivity (Wildman–Crippen MR) is 73.0 cm³/mol. The van der Waals surface area contributed by atoms with Crippen LogP contribution in [0, 0.1) is 0 Å². The van der Waals surface area contributed by atoms with Crippen molar-refractivity contribution in [3.63, 3.8) is 0 Å². The number of hydrogen-bond donors (Lipinski definition) is 2. The minimum absolute atomic E-state index is 0.188. The fraction of sp³-hybridized carbons (Fsp3) is 0.429. The normalized spacial score (nSPS) is 19.1. The fourth-order valence-electron chi connectivity index (χ4n) is 2.30. The average Bonchev–Trinajstić information content (AvgIpc) is 2.88. The van der Waals surface area contributed by atoms with Crippen LogP contribution in [0.3, 0.4) is 0 Å². The third-order valence-electron chi connectivity index (χ3n) is 3.39. The van der Waals surface area contributed by atoms with E-state index >= 15 is 0 Å². The van der Waals surface area contributed by atoms with Crippen LogP contribution in [0.1, 0.15) is 29.6 Å². The Morgan fingerprint density at radius 3 is 3.10 bits per heavy atom. The Morgan fingerprint density at radius 2 is 2.35 bits per heavy atom. The van der Waals surface area contributed by atoms with E-state index in [1.54, 1.807) is 6.07 Å². The Kier molecular flexibility index (Phi) is 3.56. The molecule has 2 aromatic rings. The number of carbonyl (C=O) groups is 1. The van der Waals surface area contributed by atoms with Crippen molar-refractivity contribution < 1.29 is 19.1 Å². The molecule has 0 amide bonds. The van der Waals surface area contributed by atoms with Crippen LogP contribution < -0.4 is 5.32 Å². The molecular weight excluding hydrogens is 260 g/mol. The predicted octanol–water partition coefficient (Wildman–Crippen LogP) is 2.51. The molecule has 1 aromatic heterocycles. The molecule has 0 aliphatic carbocycles. The summed E-state index contributed by atoms with van der Waals surface area (Å²) in [5.41, 5.74) is 1.30. The van der Waals surface area contributed by atoms with Crippen molar-refractivity contribution in [2.75, 3.05) is 18.5 Å². The van der Waals surface area contributed by atoms with Gasteiger partial charge >= 0.3 is 5.97 Å². The van der Waals surface area contributed by atoms with Gasteiger partial charge in [-0.05, 0) is 37.5 Å². The topological polar surface area (TPSA) is 84.6 Å². The fourth-order valence-corrected chi connectivity index (χ4v) is 2.30. The molecule has 3 rings (SSSR count). The minimum atomic E-state index is -0.978. The summed E-state index contributed by atoms with van der Waals surface area (Å²) in [6.07, 6.45) is 3.53. The average molecular weight is 276 g/mol. The number of hydrogen-bond acceptors (Lipinski definition) is 5. The summed E-state index contributed by atoms with van der Waals surface area (Å²) in [6, 6.07) is 5.04. The molecular formula is C14H16N2O4. The second-order valence-electron chi connectivity index (χ2n) is 4.88. The lowest BCUT2D eigenvalue weighted by atomic mass is 10.1. The van der Waals surface area contributed by atoms with E-state index in [4.69, 9.17) is 14.3 Å². The van der Waals surface area contributed by atoms with Gasteiger partial charge in [0.1, 0.15) is 5.52 Å². The van der Waals surface area contributed by atoms with Crippen molar-refractivity contribution in [2.45, 2.75) is 25.4 Å². The van der Waals surface area contributed by atoms with Gasteiger partial charge in [-0.3, -0.25) is 0 Å². The highest BCUT2D eigenvalue weighted by molar-refractivity contribution is 5.92. The molecule has 2 N–H and O–H groups in total. The molecule has 20 heavy (non-hydrogen) atoms. The van der Waals surface area contributed by atoms with Gasteiger partial charge in [-0.25, -0.2) is 4.79 Å². The maximum Gasteiger partial charge on any atom is 0.335 e. The lowest BCUT2D eigenvalue weighted by molar-refractivity contribution is 0.0245. The van der Waals surface area contributed by atoms with Crippen LogP contribution in [0.25, 0.3) is 11.1 Å². The quantitative estimate of drug-likeness (QED) is 0.892. The number of nitrogens with one attached hydrogen (secondary N) is 1. The number of benzene rings is 1. The zero-order valence-electron chi connectivity index (χ0n) is 11.0. The van der Waals surface area contributed by atoms with Gasteiger partial charge in [-0.1, -0.05) is 0 Å². The monoisotopic (exact) mass is 276 g/mol. The van der Waals surface area contributed by atoms with Crippen molar-refractivity contribution in [3.05, 3.63) is 23.8 Å². The Bertz CT molecular complexity index is 617. The molecule has 106 valence electrons. The first-order valence-corrected chi connectivity index (χ1v) is 6.72. The van der Waals surface area contributed by atoms with Gasteiger partial charge in [0.2, 0.25) is 0 Å². The molecule has 6 nitrogen and oxygen atoms in total. The number of oxazole rings is 1. The lowest BCUT2D eigenvalue weighted by Crippen LogP contribution is -2.27. The molecule has 0 spiro atoms. The second kappa shape index (κ2) is 5.50. The van der Waals surface area contributed by atoms with Gasteiger partial charge in [-0.15, -0.1) is 0 Å². The van der Waals surface area contributed by atoms with E-state index < -0.39 is 5.97 Å². The van der Waals surface area contributed by atoms with Crippen LogP contribution in [0.4, 0.5) is 6.01 Å². The highest BCUT2D eigenvalue weighted by Gasteiger charge is 2.15. The van der Waals surface area contributed by atoms with E-state index in [1.165, 1.54) is 18.6 Å². The van der Waals surface area contributed by atoms with E-state index in [0.29, 0.717) is 23.7 Å². The number of nitrogens with zero attached hydrogens (tertiary/aromatic N) is 1. The number of fused-ring (bicyclic) bond motifs is 1. The molecule has 6 heteroatoms. The van der Waals surface area contributed by atoms with Crippen molar-refractivity contribution in [1.29, 1.82) is 0 Å². The molecule has 0 radical (unpaired) electrons. The smallest absolute Gasteiger partial charge is 0.335 e. The van der Waals surface area contributed by atoms with Crippen molar-refractivity contribution in [1.82, 2.24) is 4.98 Å². The zero-order chi connectivity index (χ0) is 13.9. The summed E-state index contributed by atoms with van der Waals surface area (Å²) in [5, 5.41) is 12.0. The number of rotatable bonds is 4. The highest BCUT2D eigenvalue weighted by Crippen LogP contribution is 2.21. The second-order valence-corrected chi connectivity index (χ2v) is 4.88. The number of aromatic nitrogens is 1. The minimum Gasteiger partial charge on any atom is -0.478 e. The third-order valence-corrected chi connectivity index (χ3v) is 3.39. The molecule has 1 unspecified atom stereocenters. The van der Waals surface area contributed by atoms with E-state index in [1.807, 2.05) is 0 Å². The van der Waals surface area contributed by atoms with Crippen LogP contribution in [0.2, 0.25) is 0 Å². The van der Waals surface area contributed by atoms with Crippen LogP contribution in [0.5, 0.6) is 0 Å². The summed E-state index contributed by atoms with van der Waals surface area (Å²) in [4.78, 5) is 15.2. The first-order chi connectivity index (χ1) is 9.72. The number of ether oxygens (including phenoxy) is 1. The van der Waals surface area contributed by atoms with E-state index in [-0.39, 0.29) is 11.7 Å². The van der Waals surface area contributed by atoms with Crippen LogP contribution in [0.15, 0.2) is 22.6 Å². The van der Waals surface area contributed by atoms with E-state index in [9.17, 15) is 4.79 Å². The molecule has 1 atom stereocenters. The number of anilines is 1. The molecule has 0 bridgehead atoms. The number of carboxylic acid groups (broad SMARTS) is 1. The van der Waals surface area contributed by atoms with E-state index in [2.05, 4.69) is 10.3 Å². The Labute approximate surface area is 115 Å². The molecule has 1 saturated heterocycles. The lowest BCUT2D eigenvalue weighted by Gasteiger charge is -2.22. The third kappa shape index (κ3) is 2.75. The summed E-state index contributed by atoms with van der Waals surface area (Å²) in [7, 11) is 0. The van der Waals surface area contributed by atoms with Crippen molar-refractivity contribution in [3.8, 4) is 0 Å². The first kappa shape index (κ1) is 12.9. The summed E-state index contributed by atoms with van der Waals surface area (Å²) >= 11 is 0. The van der Waals surface area contributed by atoms with Gasteiger partial charge in [0.05, 0.1) is 11.7 Å².